The van der Waals surface area contributed by atoms with Crippen LogP contribution in [0.5, 0.6) is 5.75 Å². The lowest BCUT2D eigenvalue weighted by Gasteiger charge is -2.05. The summed E-state index contributed by atoms with van der Waals surface area (Å²) in [6, 6.07) is 15.4. The monoisotopic (exact) mass is 421 g/mol. The Morgan fingerprint density at radius 2 is 1.80 bits per heavy atom. The number of ether oxygens (including phenoxy) is 1. The Labute approximate surface area is 179 Å². The molecule has 1 aliphatic rings. The van der Waals surface area contributed by atoms with Crippen LogP contribution in [0.15, 0.2) is 53.9 Å². The van der Waals surface area contributed by atoms with Crippen molar-refractivity contribution < 1.29 is 14.3 Å². The lowest BCUT2D eigenvalue weighted by atomic mass is 10.1. The molecule has 7 heteroatoms. The maximum atomic E-state index is 12.4. The van der Waals surface area contributed by atoms with Gasteiger partial charge in [0.15, 0.2) is 0 Å². The molecule has 2 aromatic carbocycles. The molecule has 1 heterocycles. The summed E-state index contributed by atoms with van der Waals surface area (Å²) in [4.78, 5) is 28.9. The van der Waals surface area contributed by atoms with E-state index in [-0.39, 0.29) is 11.8 Å². The Kier molecular flexibility index (Phi) is 6.09. The maximum Gasteiger partial charge on any atom is 0.270 e. The topological polar surface area (TPSA) is 80.3 Å². The van der Waals surface area contributed by atoms with Crippen LogP contribution in [-0.2, 0) is 6.42 Å². The molecular weight excluding hydrogens is 398 g/mol. The van der Waals surface area contributed by atoms with Crippen molar-refractivity contribution in [1.82, 2.24) is 15.6 Å². The Balaban J connectivity index is 1.31. The smallest absolute Gasteiger partial charge is 0.270 e. The van der Waals surface area contributed by atoms with Gasteiger partial charge in [-0.2, -0.15) is 0 Å². The molecule has 1 saturated carbocycles. The van der Waals surface area contributed by atoms with Gasteiger partial charge in [0, 0.05) is 29.1 Å². The fraction of sp³-hybridized carbons (Fsp3) is 0.261. The number of hydrogen-bond acceptors (Lipinski definition) is 5. The Morgan fingerprint density at radius 1 is 1.07 bits per heavy atom. The number of nitrogens with one attached hydrogen (secondary N) is 2. The van der Waals surface area contributed by atoms with E-state index < -0.39 is 0 Å². The molecule has 154 valence electrons. The number of rotatable bonds is 8. The molecule has 3 aromatic rings. The van der Waals surface area contributed by atoms with Gasteiger partial charge >= 0.3 is 0 Å². The van der Waals surface area contributed by atoms with Gasteiger partial charge in [0.2, 0.25) is 0 Å². The van der Waals surface area contributed by atoms with E-state index in [0.29, 0.717) is 23.8 Å². The van der Waals surface area contributed by atoms with Crippen LogP contribution in [0.25, 0.3) is 10.6 Å². The highest BCUT2D eigenvalue weighted by atomic mass is 32.1. The van der Waals surface area contributed by atoms with Gasteiger partial charge in [0.25, 0.3) is 11.8 Å². The number of hydrogen-bond donors (Lipinski definition) is 2. The fourth-order valence-corrected chi connectivity index (χ4v) is 3.78. The number of amides is 2. The molecule has 0 bridgehead atoms. The van der Waals surface area contributed by atoms with E-state index >= 15 is 0 Å². The van der Waals surface area contributed by atoms with Crippen molar-refractivity contribution in [1.29, 1.82) is 0 Å². The lowest BCUT2D eigenvalue weighted by molar-refractivity contribution is 0.0942. The van der Waals surface area contributed by atoms with Crippen molar-refractivity contribution >= 4 is 23.2 Å². The van der Waals surface area contributed by atoms with E-state index in [0.717, 1.165) is 41.1 Å². The number of thiazole rings is 1. The van der Waals surface area contributed by atoms with Crippen molar-refractivity contribution in [3.63, 3.8) is 0 Å². The highest BCUT2D eigenvalue weighted by Gasteiger charge is 2.23. The van der Waals surface area contributed by atoms with Crippen LogP contribution in [0.3, 0.4) is 0 Å². The van der Waals surface area contributed by atoms with Crippen LogP contribution in [-0.4, -0.2) is 36.5 Å². The Bertz CT molecular complexity index is 1020. The van der Waals surface area contributed by atoms with E-state index in [2.05, 4.69) is 15.6 Å². The summed E-state index contributed by atoms with van der Waals surface area (Å²) in [6.45, 7) is 0.531. The standard InChI is InChI=1S/C23H23N3O3S/c1-29-19-10-2-15(3-11-19)12-13-24-22(28)20-14-30-23(26-20)17-6-4-16(5-7-17)21(27)25-18-8-9-18/h2-7,10-11,14,18H,8-9,12-13H2,1H3,(H,24,28)(H,25,27). The first-order valence-corrected chi connectivity index (χ1v) is 10.8. The van der Waals surface area contributed by atoms with Crippen molar-refractivity contribution in [3.05, 3.63) is 70.7 Å². The third-order valence-corrected chi connectivity index (χ3v) is 5.79. The van der Waals surface area contributed by atoms with E-state index in [1.807, 2.05) is 36.4 Å². The molecule has 0 unspecified atom stereocenters. The van der Waals surface area contributed by atoms with Crippen LogP contribution in [0, 0.1) is 0 Å². The first-order valence-electron chi connectivity index (χ1n) is 9.90. The van der Waals surface area contributed by atoms with Crippen LogP contribution in [0.2, 0.25) is 0 Å². The molecule has 30 heavy (non-hydrogen) atoms. The zero-order valence-corrected chi connectivity index (χ0v) is 17.5. The second kappa shape index (κ2) is 9.09. The summed E-state index contributed by atoms with van der Waals surface area (Å²) in [5.74, 6) is 0.584. The van der Waals surface area contributed by atoms with Gasteiger partial charge in [-0.15, -0.1) is 11.3 Å². The predicted molar refractivity (Wildman–Crippen MR) is 117 cm³/mol. The quantitative estimate of drug-likeness (QED) is 0.581. The third kappa shape index (κ3) is 5.04. The summed E-state index contributed by atoms with van der Waals surface area (Å²) < 4.78 is 5.15. The highest BCUT2D eigenvalue weighted by molar-refractivity contribution is 7.13. The Hall–Kier alpha value is -3.19. The van der Waals surface area contributed by atoms with Crippen molar-refractivity contribution in [2.75, 3.05) is 13.7 Å². The normalized spacial score (nSPS) is 13.0. The average Bonchev–Trinajstić information content (AvgIpc) is 3.45. The second-order valence-corrected chi connectivity index (χ2v) is 8.08. The molecule has 6 nitrogen and oxygen atoms in total. The van der Waals surface area contributed by atoms with Gasteiger partial charge in [0.1, 0.15) is 16.5 Å². The van der Waals surface area contributed by atoms with E-state index in [1.165, 1.54) is 11.3 Å². The van der Waals surface area contributed by atoms with Crippen LogP contribution < -0.4 is 15.4 Å². The molecule has 0 saturated heterocycles. The van der Waals surface area contributed by atoms with Gasteiger partial charge in [-0.05, 0) is 49.1 Å². The molecule has 2 N–H and O–H groups in total. The minimum atomic E-state index is -0.188. The summed E-state index contributed by atoms with van der Waals surface area (Å²) >= 11 is 1.41. The fourth-order valence-electron chi connectivity index (χ4n) is 2.97. The molecule has 4 rings (SSSR count). The SMILES string of the molecule is COc1ccc(CCNC(=O)c2csc(-c3ccc(C(=O)NC4CC4)cc3)n2)cc1. The summed E-state index contributed by atoms with van der Waals surface area (Å²) in [6.07, 6.45) is 2.86. The third-order valence-electron chi connectivity index (χ3n) is 4.90. The molecule has 2 amide bonds. The van der Waals surface area contributed by atoms with Crippen molar-refractivity contribution in [2.45, 2.75) is 25.3 Å². The van der Waals surface area contributed by atoms with Crippen LogP contribution >= 0.6 is 11.3 Å². The van der Waals surface area contributed by atoms with Gasteiger partial charge < -0.3 is 15.4 Å². The van der Waals surface area contributed by atoms with Gasteiger partial charge in [0.05, 0.1) is 7.11 Å². The molecule has 1 aliphatic carbocycles. The highest BCUT2D eigenvalue weighted by Crippen LogP contribution is 2.25. The first-order chi connectivity index (χ1) is 14.6. The number of aromatic nitrogens is 1. The molecular formula is C23H23N3O3S. The predicted octanol–water partition coefficient (Wildman–Crippen LogP) is 3.68. The zero-order chi connectivity index (χ0) is 20.9. The van der Waals surface area contributed by atoms with E-state index in [9.17, 15) is 9.59 Å². The van der Waals surface area contributed by atoms with E-state index in [4.69, 9.17) is 4.74 Å². The molecule has 1 fully saturated rings. The largest absolute Gasteiger partial charge is 0.497 e. The van der Waals surface area contributed by atoms with Crippen molar-refractivity contribution in [3.8, 4) is 16.3 Å². The number of carbonyl (C=O) groups excluding carboxylic acids is 2. The molecule has 1 aromatic heterocycles. The minimum absolute atomic E-state index is 0.0416. The van der Waals surface area contributed by atoms with Crippen LogP contribution in [0.1, 0.15) is 39.3 Å². The number of carbonyl (C=O) groups is 2. The maximum absolute atomic E-state index is 12.4. The van der Waals surface area contributed by atoms with Gasteiger partial charge in [-0.3, -0.25) is 9.59 Å². The zero-order valence-electron chi connectivity index (χ0n) is 16.7. The summed E-state index contributed by atoms with van der Waals surface area (Å²) in [5, 5.41) is 8.39. The number of benzene rings is 2. The molecule has 0 atom stereocenters. The van der Waals surface area contributed by atoms with Crippen LogP contribution in [0.4, 0.5) is 0 Å². The Morgan fingerprint density at radius 3 is 2.47 bits per heavy atom. The van der Waals surface area contributed by atoms with Gasteiger partial charge in [-0.1, -0.05) is 24.3 Å². The average molecular weight is 422 g/mol. The molecule has 0 spiro atoms. The second-order valence-electron chi connectivity index (χ2n) is 7.22. The number of nitrogens with zero attached hydrogens (tertiary/aromatic N) is 1. The van der Waals surface area contributed by atoms with Crippen molar-refractivity contribution in [2.24, 2.45) is 0 Å². The number of methoxy groups -OCH3 is 1. The summed E-state index contributed by atoms with van der Waals surface area (Å²) in [5.41, 5.74) is 3.06. The summed E-state index contributed by atoms with van der Waals surface area (Å²) in [7, 11) is 1.64. The molecule has 0 aliphatic heterocycles. The minimum Gasteiger partial charge on any atom is -0.497 e. The van der Waals surface area contributed by atoms with Gasteiger partial charge in [-0.25, -0.2) is 4.98 Å². The first kappa shape index (κ1) is 20.1. The lowest BCUT2D eigenvalue weighted by Crippen LogP contribution is -2.25. The molecule has 0 radical (unpaired) electrons. The van der Waals surface area contributed by atoms with E-state index in [1.54, 1.807) is 24.6 Å².